The Hall–Kier alpha value is -1.13. The van der Waals surface area contributed by atoms with Crippen LogP contribution in [0.3, 0.4) is 0 Å². The average Bonchev–Trinajstić information content (AvgIpc) is 2.49. The van der Waals surface area contributed by atoms with Gasteiger partial charge < -0.3 is 15.0 Å². The Morgan fingerprint density at radius 1 is 1.38 bits per heavy atom. The molecule has 0 bridgehead atoms. The SMILES string of the molecule is CCCNCc1cnc(C)cc1N(CCOC)C(C)CC. The molecule has 0 aliphatic rings. The van der Waals surface area contributed by atoms with Crippen molar-refractivity contribution in [2.75, 3.05) is 31.7 Å². The summed E-state index contributed by atoms with van der Waals surface area (Å²) in [6.07, 6.45) is 4.27. The first-order valence-corrected chi connectivity index (χ1v) is 8.05. The third-order valence-electron chi connectivity index (χ3n) is 3.81. The minimum absolute atomic E-state index is 0.492. The zero-order valence-electron chi connectivity index (χ0n) is 14.3. The number of rotatable bonds is 10. The van der Waals surface area contributed by atoms with E-state index in [9.17, 15) is 0 Å². The van der Waals surface area contributed by atoms with Crippen LogP contribution < -0.4 is 10.2 Å². The van der Waals surface area contributed by atoms with Crippen molar-refractivity contribution in [1.29, 1.82) is 0 Å². The number of nitrogens with zero attached hydrogens (tertiary/aromatic N) is 2. The number of pyridine rings is 1. The summed E-state index contributed by atoms with van der Waals surface area (Å²) in [5.41, 5.74) is 3.62. The largest absolute Gasteiger partial charge is 0.383 e. The molecule has 0 saturated heterocycles. The molecule has 0 amide bonds. The number of ether oxygens (including phenoxy) is 1. The third-order valence-corrected chi connectivity index (χ3v) is 3.81. The van der Waals surface area contributed by atoms with E-state index in [1.165, 1.54) is 11.3 Å². The molecular formula is C17H31N3O. The monoisotopic (exact) mass is 293 g/mol. The maximum absolute atomic E-state index is 5.28. The second-order valence-electron chi connectivity index (χ2n) is 5.57. The van der Waals surface area contributed by atoms with Crippen molar-refractivity contribution >= 4 is 5.69 Å². The van der Waals surface area contributed by atoms with E-state index < -0.39 is 0 Å². The van der Waals surface area contributed by atoms with Crippen molar-refractivity contribution in [3.8, 4) is 0 Å². The molecule has 0 radical (unpaired) electrons. The van der Waals surface area contributed by atoms with Crippen LogP contribution in [0.25, 0.3) is 0 Å². The van der Waals surface area contributed by atoms with Gasteiger partial charge in [0, 0.05) is 49.4 Å². The van der Waals surface area contributed by atoms with Gasteiger partial charge in [0.15, 0.2) is 0 Å². The molecule has 1 aromatic rings. The fraction of sp³-hybridized carbons (Fsp3) is 0.706. The van der Waals surface area contributed by atoms with Crippen molar-refractivity contribution in [1.82, 2.24) is 10.3 Å². The van der Waals surface area contributed by atoms with Crippen LogP contribution in [0.2, 0.25) is 0 Å². The van der Waals surface area contributed by atoms with Gasteiger partial charge in [-0.25, -0.2) is 0 Å². The van der Waals surface area contributed by atoms with Gasteiger partial charge in [-0.1, -0.05) is 13.8 Å². The smallest absolute Gasteiger partial charge is 0.0637 e. The lowest BCUT2D eigenvalue weighted by atomic mass is 10.1. The van der Waals surface area contributed by atoms with Crippen LogP contribution in [0.4, 0.5) is 5.69 Å². The topological polar surface area (TPSA) is 37.4 Å². The lowest BCUT2D eigenvalue weighted by Gasteiger charge is -2.32. The van der Waals surface area contributed by atoms with Crippen molar-refractivity contribution in [2.24, 2.45) is 0 Å². The molecule has 0 saturated carbocycles. The first-order chi connectivity index (χ1) is 10.1. The zero-order chi connectivity index (χ0) is 15.7. The summed E-state index contributed by atoms with van der Waals surface area (Å²) < 4.78 is 5.28. The van der Waals surface area contributed by atoms with Crippen molar-refractivity contribution in [3.05, 3.63) is 23.5 Å². The van der Waals surface area contributed by atoms with Crippen molar-refractivity contribution < 1.29 is 4.74 Å². The first kappa shape index (κ1) is 17.9. The zero-order valence-corrected chi connectivity index (χ0v) is 14.3. The second kappa shape index (κ2) is 9.74. The van der Waals surface area contributed by atoms with Crippen molar-refractivity contribution in [3.63, 3.8) is 0 Å². The van der Waals surface area contributed by atoms with E-state index in [1.807, 2.05) is 6.20 Å². The molecule has 1 atom stereocenters. The van der Waals surface area contributed by atoms with E-state index in [0.717, 1.165) is 44.8 Å². The first-order valence-electron chi connectivity index (χ1n) is 8.05. The van der Waals surface area contributed by atoms with Gasteiger partial charge in [0.25, 0.3) is 0 Å². The van der Waals surface area contributed by atoms with Gasteiger partial charge >= 0.3 is 0 Å². The number of aromatic nitrogens is 1. The highest BCUT2D eigenvalue weighted by molar-refractivity contribution is 5.54. The van der Waals surface area contributed by atoms with Gasteiger partial charge in [0.05, 0.1) is 6.61 Å². The molecular weight excluding hydrogens is 262 g/mol. The van der Waals surface area contributed by atoms with Crippen LogP contribution in [-0.2, 0) is 11.3 Å². The molecule has 4 heteroatoms. The molecule has 0 aromatic carbocycles. The van der Waals surface area contributed by atoms with Gasteiger partial charge in [-0.3, -0.25) is 4.98 Å². The number of nitrogens with one attached hydrogen (secondary N) is 1. The number of aryl methyl sites for hydroxylation is 1. The lowest BCUT2D eigenvalue weighted by Crippen LogP contribution is -2.36. The Labute approximate surface area is 129 Å². The molecule has 4 nitrogen and oxygen atoms in total. The summed E-state index contributed by atoms with van der Waals surface area (Å²) in [4.78, 5) is 6.91. The van der Waals surface area contributed by atoms with Gasteiger partial charge in [-0.15, -0.1) is 0 Å². The second-order valence-corrected chi connectivity index (χ2v) is 5.57. The molecule has 120 valence electrons. The minimum Gasteiger partial charge on any atom is -0.383 e. The summed E-state index contributed by atoms with van der Waals surface area (Å²) in [6.45, 7) is 12.3. The quantitative estimate of drug-likeness (QED) is 0.673. The Kier molecular flexibility index (Phi) is 8.31. The average molecular weight is 293 g/mol. The van der Waals surface area contributed by atoms with E-state index in [1.54, 1.807) is 7.11 Å². The molecule has 0 spiro atoms. The van der Waals surface area contributed by atoms with Crippen LogP contribution in [0.15, 0.2) is 12.3 Å². The van der Waals surface area contributed by atoms with Crippen LogP contribution in [0.5, 0.6) is 0 Å². The predicted molar refractivity (Wildman–Crippen MR) is 89.9 cm³/mol. The van der Waals surface area contributed by atoms with Crippen LogP contribution in [0, 0.1) is 6.92 Å². The van der Waals surface area contributed by atoms with Gasteiger partial charge in [-0.2, -0.15) is 0 Å². The highest BCUT2D eigenvalue weighted by Gasteiger charge is 2.16. The fourth-order valence-electron chi connectivity index (χ4n) is 2.37. The summed E-state index contributed by atoms with van der Waals surface area (Å²) in [5, 5.41) is 3.48. The highest BCUT2D eigenvalue weighted by atomic mass is 16.5. The predicted octanol–water partition coefficient (Wildman–Crippen LogP) is 3.14. The summed E-state index contributed by atoms with van der Waals surface area (Å²) in [5.74, 6) is 0. The van der Waals surface area contributed by atoms with E-state index in [4.69, 9.17) is 4.74 Å². The molecule has 0 aliphatic carbocycles. The Balaban J connectivity index is 2.99. The summed E-state index contributed by atoms with van der Waals surface area (Å²) >= 11 is 0. The van der Waals surface area contributed by atoms with E-state index in [2.05, 4.69) is 49.0 Å². The minimum atomic E-state index is 0.492. The molecule has 0 fully saturated rings. The van der Waals surface area contributed by atoms with Gasteiger partial charge in [0.1, 0.15) is 0 Å². The highest BCUT2D eigenvalue weighted by Crippen LogP contribution is 2.24. The van der Waals surface area contributed by atoms with Crippen molar-refractivity contribution in [2.45, 2.75) is 53.1 Å². The van der Waals surface area contributed by atoms with E-state index >= 15 is 0 Å². The summed E-state index contributed by atoms with van der Waals surface area (Å²) in [7, 11) is 1.76. The standard InChI is InChI=1S/C17H31N3O/c1-6-8-18-12-16-13-19-14(3)11-17(16)20(9-10-21-5)15(4)7-2/h11,13,15,18H,6-10,12H2,1-5H3. The Morgan fingerprint density at radius 3 is 2.76 bits per heavy atom. The number of anilines is 1. The normalized spacial score (nSPS) is 12.4. The molecule has 1 rings (SSSR count). The molecule has 1 N–H and O–H groups in total. The van der Waals surface area contributed by atoms with E-state index in [0.29, 0.717) is 6.04 Å². The maximum Gasteiger partial charge on any atom is 0.0637 e. The molecule has 1 unspecified atom stereocenters. The third kappa shape index (κ3) is 5.64. The summed E-state index contributed by atoms with van der Waals surface area (Å²) in [6, 6.07) is 2.69. The fourth-order valence-corrected chi connectivity index (χ4v) is 2.37. The Morgan fingerprint density at radius 2 is 2.14 bits per heavy atom. The van der Waals surface area contributed by atoms with Gasteiger partial charge in [0.2, 0.25) is 0 Å². The number of hydrogen-bond acceptors (Lipinski definition) is 4. The number of hydrogen-bond donors (Lipinski definition) is 1. The van der Waals surface area contributed by atoms with Gasteiger partial charge in [-0.05, 0) is 39.3 Å². The molecule has 21 heavy (non-hydrogen) atoms. The molecule has 0 aliphatic heterocycles. The molecule has 1 heterocycles. The molecule has 1 aromatic heterocycles. The maximum atomic E-state index is 5.28. The van der Waals surface area contributed by atoms with Crippen LogP contribution in [-0.4, -0.2) is 37.8 Å². The van der Waals surface area contributed by atoms with Crippen LogP contribution in [0.1, 0.15) is 44.9 Å². The Bertz CT molecular complexity index is 409. The van der Waals surface area contributed by atoms with Crippen LogP contribution >= 0.6 is 0 Å². The lowest BCUT2D eigenvalue weighted by molar-refractivity contribution is 0.203. The van der Waals surface area contributed by atoms with E-state index in [-0.39, 0.29) is 0 Å². The number of methoxy groups -OCH3 is 1.